The number of fused-ring (bicyclic) bond motifs is 1. The molecule has 0 saturated carbocycles. The number of rotatable bonds is 5. The van der Waals surface area contributed by atoms with E-state index in [2.05, 4.69) is 10.3 Å². The van der Waals surface area contributed by atoms with E-state index in [9.17, 15) is 9.90 Å². The fourth-order valence-electron chi connectivity index (χ4n) is 2.47. The van der Waals surface area contributed by atoms with Gasteiger partial charge in [0, 0.05) is 22.6 Å². The SMILES string of the molecule is COc1ccc(CNc2cc(C(=O)O)nc3ccc(Cl)cc23)cc1Cl. The van der Waals surface area contributed by atoms with Gasteiger partial charge in [0.25, 0.3) is 0 Å². The van der Waals surface area contributed by atoms with Gasteiger partial charge in [-0.25, -0.2) is 9.78 Å². The van der Waals surface area contributed by atoms with Crippen LogP contribution in [0.5, 0.6) is 5.75 Å². The first kappa shape index (κ1) is 17.3. The molecule has 0 aliphatic rings. The molecule has 0 fully saturated rings. The Balaban J connectivity index is 1.95. The minimum Gasteiger partial charge on any atom is -0.495 e. The van der Waals surface area contributed by atoms with E-state index in [4.69, 9.17) is 27.9 Å². The average molecular weight is 377 g/mol. The van der Waals surface area contributed by atoms with Crippen molar-refractivity contribution < 1.29 is 14.6 Å². The Morgan fingerprint density at radius 2 is 2.00 bits per heavy atom. The summed E-state index contributed by atoms with van der Waals surface area (Å²) in [6.45, 7) is 0.453. The van der Waals surface area contributed by atoms with Gasteiger partial charge in [0.05, 0.1) is 17.6 Å². The number of carbonyl (C=O) groups is 1. The zero-order chi connectivity index (χ0) is 18.0. The number of hydrogen-bond acceptors (Lipinski definition) is 4. The maximum atomic E-state index is 11.3. The Kier molecular flexibility index (Phi) is 4.97. The molecule has 0 radical (unpaired) electrons. The van der Waals surface area contributed by atoms with E-state index in [0.717, 1.165) is 10.9 Å². The molecule has 0 atom stereocenters. The first-order chi connectivity index (χ1) is 12.0. The molecule has 128 valence electrons. The summed E-state index contributed by atoms with van der Waals surface area (Å²) in [5.74, 6) is -0.493. The molecule has 0 aliphatic heterocycles. The molecular weight excluding hydrogens is 363 g/mol. The van der Waals surface area contributed by atoms with E-state index in [-0.39, 0.29) is 5.69 Å². The highest BCUT2D eigenvalue weighted by Gasteiger charge is 2.11. The molecule has 0 aliphatic carbocycles. The smallest absolute Gasteiger partial charge is 0.354 e. The lowest BCUT2D eigenvalue weighted by molar-refractivity contribution is 0.0691. The molecule has 0 spiro atoms. The topological polar surface area (TPSA) is 71.5 Å². The van der Waals surface area contributed by atoms with Gasteiger partial charge in [-0.1, -0.05) is 29.3 Å². The van der Waals surface area contributed by atoms with Crippen molar-refractivity contribution in [1.29, 1.82) is 0 Å². The van der Waals surface area contributed by atoms with Gasteiger partial charge in [0.15, 0.2) is 5.69 Å². The number of nitrogens with one attached hydrogen (secondary N) is 1. The van der Waals surface area contributed by atoms with E-state index >= 15 is 0 Å². The summed E-state index contributed by atoms with van der Waals surface area (Å²) in [7, 11) is 1.55. The molecule has 0 amide bonds. The fourth-order valence-corrected chi connectivity index (χ4v) is 2.92. The molecule has 1 heterocycles. The van der Waals surface area contributed by atoms with Crippen molar-refractivity contribution >= 4 is 45.8 Å². The number of carboxylic acid groups (broad SMARTS) is 1. The summed E-state index contributed by atoms with van der Waals surface area (Å²) < 4.78 is 5.14. The fraction of sp³-hybridized carbons (Fsp3) is 0.111. The standard InChI is InChI=1S/C18H14Cl2N2O3/c1-25-17-5-2-10(6-13(17)20)9-21-15-8-16(18(23)24)22-14-4-3-11(19)7-12(14)15/h2-8H,9H2,1H3,(H,21,22)(H,23,24). The third-order valence-electron chi connectivity index (χ3n) is 3.69. The van der Waals surface area contributed by atoms with E-state index < -0.39 is 5.97 Å². The van der Waals surface area contributed by atoms with Crippen LogP contribution in [-0.2, 0) is 6.54 Å². The summed E-state index contributed by atoms with van der Waals surface area (Å²) in [4.78, 5) is 15.4. The zero-order valence-corrected chi connectivity index (χ0v) is 14.7. The molecule has 3 aromatic rings. The number of pyridine rings is 1. The number of nitrogens with zero attached hydrogens (tertiary/aromatic N) is 1. The number of hydrogen-bond donors (Lipinski definition) is 2. The monoisotopic (exact) mass is 376 g/mol. The lowest BCUT2D eigenvalue weighted by Crippen LogP contribution is -2.05. The second-order valence-electron chi connectivity index (χ2n) is 5.34. The predicted molar refractivity (Wildman–Crippen MR) is 99.0 cm³/mol. The zero-order valence-electron chi connectivity index (χ0n) is 13.2. The molecule has 0 saturated heterocycles. The lowest BCUT2D eigenvalue weighted by atomic mass is 10.1. The number of halogens is 2. The number of methoxy groups -OCH3 is 1. The van der Waals surface area contributed by atoms with Gasteiger partial charge in [-0.2, -0.15) is 0 Å². The maximum absolute atomic E-state index is 11.3. The first-order valence-corrected chi connectivity index (χ1v) is 8.13. The second kappa shape index (κ2) is 7.17. The third-order valence-corrected chi connectivity index (χ3v) is 4.22. The molecule has 25 heavy (non-hydrogen) atoms. The average Bonchev–Trinajstić information content (AvgIpc) is 2.59. The van der Waals surface area contributed by atoms with Crippen LogP contribution in [0.2, 0.25) is 10.0 Å². The van der Waals surface area contributed by atoms with Crippen molar-refractivity contribution in [1.82, 2.24) is 4.98 Å². The number of aromatic carboxylic acids is 1. The van der Waals surface area contributed by atoms with E-state index in [1.165, 1.54) is 6.07 Å². The minimum absolute atomic E-state index is 0.0370. The highest BCUT2D eigenvalue weighted by molar-refractivity contribution is 6.32. The van der Waals surface area contributed by atoms with Gasteiger partial charge in [0.1, 0.15) is 5.75 Å². The summed E-state index contributed by atoms with van der Waals surface area (Å²) in [5.41, 5.74) is 2.08. The van der Waals surface area contributed by atoms with Crippen LogP contribution in [0.15, 0.2) is 42.5 Å². The highest BCUT2D eigenvalue weighted by Crippen LogP contribution is 2.28. The van der Waals surface area contributed by atoms with Crippen LogP contribution in [0.3, 0.4) is 0 Å². The van der Waals surface area contributed by atoms with Gasteiger partial charge in [0.2, 0.25) is 0 Å². The van der Waals surface area contributed by atoms with Crippen molar-refractivity contribution in [2.45, 2.75) is 6.54 Å². The number of benzene rings is 2. The normalized spacial score (nSPS) is 10.7. The van der Waals surface area contributed by atoms with Crippen LogP contribution >= 0.6 is 23.2 Å². The van der Waals surface area contributed by atoms with Gasteiger partial charge in [-0.05, 0) is 42.0 Å². The molecule has 7 heteroatoms. The summed E-state index contributed by atoms with van der Waals surface area (Å²) in [5, 5.41) is 14.3. The van der Waals surface area contributed by atoms with E-state index in [1.807, 2.05) is 6.07 Å². The number of ether oxygens (including phenoxy) is 1. The summed E-state index contributed by atoms with van der Waals surface area (Å²) >= 11 is 12.2. The van der Waals surface area contributed by atoms with Gasteiger partial charge in [-0.3, -0.25) is 0 Å². The van der Waals surface area contributed by atoms with Crippen molar-refractivity contribution in [3.05, 3.63) is 63.8 Å². The van der Waals surface area contributed by atoms with E-state index in [0.29, 0.717) is 33.5 Å². The van der Waals surface area contributed by atoms with Crippen LogP contribution < -0.4 is 10.1 Å². The first-order valence-electron chi connectivity index (χ1n) is 7.38. The molecule has 0 bridgehead atoms. The summed E-state index contributed by atoms with van der Waals surface area (Å²) in [6.07, 6.45) is 0. The Morgan fingerprint density at radius 3 is 2.68 bits per heavy atom. The largest absolute Gasteiger partial charge is 0.495 e. The van der Waals surface area contributed by atoms with Crippen LogP contribution in [-0.4, -0.2) is 23.2 Å². The van der Waals surface area contributed by atoms with Crippen LogP contribution in [0.4, 0.5) is 5.69 Å². The van der Waals surface area contributed by atoms with Crippen molar-refractivity contribution in [3.8, 4) is 5.75 Å². The second-order valence-corrected chi connectivity index (χ2v) is 6.19. The highest BCUT2D eigenvalue weighted by atomic mass is 35.5. The summed E-state index contributed by atoms with van der Waals surface area (Å²) in [6, 6.07) is 12.1. The molecule has 2 aromatic carbocycles. The van der Waals surface area contributed by atoms with Crippen molar-refractivity contribution in [3.63, 3.8) is 0 Å². The Morgan fingerprint density at radius 1 is 1.20 bits per heavy atom. The van der Waals surface area contributed by atoms with Gasteiger partial charge < -0.3 is 15.2 Å². The van der Waals surface area contributed by atoms with Crippen molar-refractivity contribution in [2.75, 3.05) is 12.4 Å². The van der Waals surface area contributed by atoms with E-state index in [1.54, 1.807) is 37.4 Å². The maximum Gasteiger partial charge on any atom is 0.354 e. The molecular formula is C18H14Cl2N2O3. The molecule has 5 nitrogen and oxygen atoms in total. The van der Waals surface area contributed by atoms with Crippen LogP contribution in [0, 0.1) is 0 Å². The number of carboxylic acids is 1. The Bertz CT molecular complexity index is 960. The van der Waals surface area contributed by atoms with Crippen LogP contribution in [0.1, 0.15) is 16.1 Å². The quantitative estimate of drug-likeness (QED) is 0.665. The van der Waals surface area contributed by atoms with Gasteiger partial charge >= 0.3 is 5.97 Å². The molecule has 2 N–H and O–H groups in total. The van der Waals surface area contributed by atoms with Crippen LogP contribution in [0.25, 0.3) is 10.9 Å². The minimum atomic E-state index is -1.09. The molecule has 3 rings (SSSR count). The number of anilines is 1. The molecule has 1 aromatic heterocycles. The predicted octanol–water partition coefficient (Wildman–Crippen LogP) is 4.86. The molecule has 0 unspecified atom stereocenters. The Labute approximate surface area is 154 Å². The van der Waals surface area contributed by atoms with Crippen molar-refractivity contribution in [2.24, 2.45) is 0 Å². The third kappa shape index (κ3) is 3.78. The number of aromatic nitrogens is 1. The Hall–Kier alpha value is -2.50. The van der Waals surface area contributed by atoms with Gasteiger partial charge in [-0.15, -0.1) is 0 Å². The lowest BCUT2D eigenvalue weighted by Gasteiger charge is -2.12.